The van der Waals surface area contributed by atoms with Crippen molar-refractivity contribution in [3.8, 4) is 5.69 Å². The zero-order valence-electron chi connectivity index (χ0n) is 20.5. The van der Waals surface area contributed by atoms with Crippen LogP contribution in [0.3, 0.4) is 0 Å². The number of amides is 2. The highest BCUT2D eigenvalue weighted by Crippen LogP contribution is 2.21. The number of carbonyl (C=O) groups is 3. The first kappa shape index (κ1) is 24.9. The second kappa shape index (κ2) is 11.5. The number of nitrogens with one attached hydrogen (secondary N) is 2. The number of carbonyl (C=O) groups excluding carboxylic acids is 3. The minimum Gasteiger partial charge on any atom is -0.452 e. The molecule has 2 amide bonds. The number of benzene rings is 2. The number of hydrogen-bond donors (Lipinski definition) is 2. The lowest BCUT2D eigenvalue weighted by atomic mass is 10.1. The number of ether oxygens (including phenoxy) is 1. The fourth-order valence-electron chi connectivity index (χ4n) is 4.36. The number of esters is 1. The molecule has 0 unspecified atom stereocenters. The number of para-hydroxylation sites is 2. The van der Waals surface area contributed by atoms with Gasteiger partial charge >= 0.3 is 5.97 Å². The Labute approximate surface area is 210 Å². The highest BCUT2D eigenvalue weighted by atomic mass is 16.5. The Hall–Kier alpha value is -4.20. The van der Waals surface area contributed by atoms with Gasteiger partial charge in [-0.3, -0.25) is 9.59 Å². The van der Waals surface area contributed by atoms with Crippen molar-refractivity contribution >= 4 is 29.5 Å². The monoisotopic (exact) mass is 486 g/mol. The molecule has 1 fully saturated rings. The lowest BCUT2D eigenvalue weighted by Crippen LogP contribution is -2.33. The van der Waals surface area contributed by atoms with E-state index in [0.29, 0.717) is 11.3 Å². The van der Waals surface area contributed by atoms with Gasteiger partial charge in [-0.25, -0.2) is 9.48 Å². The van der Waals surface area contributed by atoms with Crippen molar-refractivity contribution in [3.05, 3.63) is 83.2 Å². The molecule has 4 rings (SSSR count). The molecule has 0 aliphatic heterocycles. The van der Waals surface area contributed by atoms with E-state index in [4.69, 9.17) is 4.74 Å². The van der Waals surface area contributed by atoms with Crippen molar-refractivity contribution in [3.63, 3.8) is 0 Å². The average molecular weight is 487 g/mol. The number of aromatic nitrogens is 2. The molecule has 1 aliphatic rings. The van der Waals surface area contributed by atoms with Crippen LogP contribution in [0.5, 0.6) is 0 Å². The van der Waals surface area contributed by atoms with Gasteiger partial charge in [0.1, 0.15) is 0 Å². The zero-order chi connectivity index (χ0) is 25.5. The topological polar surface area (TPSA) is 102 Å². The summed E-state index contributed by atoms with van der Waals surface area (Å²) in [5.74, 6) is -1.40. The maximum absolute atomic E-state index is 12.7. The summed E-state index contributed by atoms with van der Waals surface area (Å²) in [4.78, 5) is 37.4. The quantitative estimate of drug-likeness (QED) is 0.364. The van der Waals surface area contributed by atoms with Crippen LogP contribution in [0, 0.1) is 13.8 Å². The van der Waals surface area contributed by atoms with Crippen LogP contribution in [0.25, 0.3) is 11.8 Å². The second-order valence-electron chi connectivity index (χ2n) is 8.82. The summed E-state index contributed by atoms with van der Waals surface area (Å²) in [6.45, 7) is 3.32. The van der Waals surface area contributed by atoms with Crippen molar-refractivity contribution in [2.24, 2.45) is 0 Å². The molecule has 186 valence electrons. The highest BCUT2D eigenvalue weighted by Gasteiger charge is 2.20. The molecule has 0 spiro atoms. The molecular formula is C28H30N4O4. The predicted octanol–water partition coefficient (Wildman–Crippen LogP) is 4.36. The summed E-state index contributed by atoms with van der Waals surface area (Å²) in [5.41, 5.74) is 4.14. The smallest absolute Gasteiger partial charge is 0.331 e. The van der Waals surface area contributed by atoms with Crippen LogP contribution < -0.4 is 10.6 Å². The van der Waals surface area contributed by atoms with Crippen molar-refractivity contribution in [2.45, 2.75) is 45.6 Å². The van der Waals surface area contributed by atoms with E-state index in [0.717, 1.165) is 48.3 Å². The van der Waals surface area contributed by atoms with Crippen LogP contribution in [0.15, 0.2) is 60.7 Å². The molecule has 2 N–H and O–H groups in total. The van der Waals surface area contributed by atoms with E-state index >= 15 is 0 Å². The van der Waals surface area contributed by atoms with Gasteiger partial charge in [-0.2, -0.15) is 5.10 Å². The molecule has 8 heteroatoms. The first-order chi connectivity index (χ1) is 17.4. The normalized spacial score (nSPS) is 13.6. The number of rotatable bonds is 8. The Kier molecular flexibility index (Phi) is 7.95. The summed E-state index contributed by atoms with van der Waals surface area (Å²) in [5, 5.41) is 10.2. The van der Waals surface area contributed by atoms with Crippen LogP contribution in [0.1, 0.15) is 53.0 Å². The SMILES string of the molecule is Cc1nn(-c2ccccc2)c(C)c1/C=C/C(=O)OCC(=O)Nc1ccccc1C(=O)NC1CCCC1. The molecule has 0 saturated heterocycles. The molecule has 1 aromatic heterocycles. The largest absolute Gasteiger partial charge is 0.452 e. The number of nitrogens with zero attached hydrogens (tertiary/aromatic N) is 2. The van der Waals surface area contributed by atoms with E-state index in [1.165, 1.54) is 6.08 Å². The second-order valence-corrected chi connectivity index (χ2v) is 8.82. The summed E-state index contributed by atoms with van der Waals surface area (Å²) >= 11 is 0. The average Bonchev–Trinajstić information content (AvgIpc) is 3.49. The van der Waals surface area contributed by atoms with Crippen LogP contribution in [0.4, 0.5) is 5.69 Å². The Morgan fingerprint density at radius 1 is 1.03 bits per heavy atom. The van der Waals surface area contributed by atoms with Crippen molar-refractivity contribution in [1.82, 2.24) is 15.1 Å². The standard InChI is InChI=1S/C28H30N4O4/c1-19-23(20(2)32(31-19)22-12-4-3-5-13-22)16-17-27(34)36-18-26(33)30-25-15-9-8-14-24(25)28(35)29-21-10-6-7-11-21/h3-5,8-9,12-17,21H,6-7,10-11,18H2,1-2H3,(H,29,35)(H,30,33)/b17-16+. The predicted molar refractivity (Wildman–Crippen MR) is 138 cm³/mol. The van der Waals surface area contributed by atoms with Gasteiger partial charge in [0.25, 0.3) is 11.8 Å². The minimum atomic E-state index is -0.649. The van der Waals surface area contributed by atoms with E-state index in [-0.39, 0.29) is 11.9 Å². The van der Waals surface area contributed by atoms with E-state index in [1.54, 1.807) is 30.3 Å². The van der Waals surface area contributed by atoms with Gasteiger partial charge in [0, 0.05) is 23.4 Å². The van der Waals surface area contributed by atoms with E-state index in [2.05, 4.69) is 15.7 Å². The molecule has 2 aromatic carbocycles. The molecule has 0 atom stereocenters. The molecular weight excluding hydrogens is 456 g/mol. The number of hydrogen-bond acceptors (Lipinski definition) is 5. The van der Waals surface area contributed by atoms with Crippen LogP contribution in [-0.2, 0) is 14.3 Å². The number of aryl methyl sites for hydroxylation is 1. The zero-order valence-corrected chi connectivity index (χ0v) is 20.5. The molecule has 36 heavy (non-hydrogen) atoms. The molecule has 0 bridgehead atoms. The summed E-state index contributed by atoms with van der Waals surface area (Å²) in [6.07, 6.45) is 7.07. The van der Waals surface area contributed by atoms with Gasteiger partial charge in [0.05, 0.1) is 22.6 Å². The lowest BCUT2D eigenvalue weighted by molar-refractivity contribution is -0.142. The summed E-state index contributed by atoms with van der Waals surface area (Å²) in [6, 6.07) is 16.7. The molecule has 0 radical (unpaired) electrons. The molecule has 1 saturated carbocycles. The van der Waals surface area contributed by atoms with E-state index in [9.17, 15) is 14.4 Å². The van der Waals surface area contributed by atoms with E-state index < -0.39 is 18.5 Å². The van der Waals surface area contributed by atoms with Crippen molar-refractivity contribution in [2.75, 3.05) is 11.9 Å². The van der Waals surface area contributed by atoms with Crippen molar-refractivity contribution < 1.29 is 19.1 Å². The maximum atomic E-state index is 12.7. The third kappa shape index (κ3) is 6.07. The fourth-order valence-corrected chi connectivity index (χ4v) is 4.36. The summed E-state index contributed by atoms with van der Waals surface area (Å²) < 4.78 is 6.92. The minimum absolute atomic E-state index is 0.168. The molecule has 1 heterocycles. The van der Waals surface area contributed by atoms with Crippen LogP contribution in [-0.4, -0.2) is 40.2 Å². The van der Waals surface area contributed by atoms with Crippen LogP contribution >= 0.6 is 0 Å². The first-order valence-corrected chi connectivity index (χ1v) is 12.1. The molecule has 1 aliphatic carbocycles. The Balaban J connectivity index is 1.33. The molecule has 3 aromatic rings. The van der Waals surface area contributed by atoms with Gasteiger partial charge in [0.2, 0.25) is 0 Å². The van der Waals surface area contributed by atoms with Crippen LogP contribution in [0.2, 0.25) is 0 Å². The first-order valence-electron chi connectivity index (χ1n) is 12.1. The maximum Gasteiger partial charge on any atom is 0.331 e. The van der Waals surface area contributed by atoms with Crippen molar-refractivity contribution in [1.29, 1.82) is 0 Å². The Morgan fingerprint density at radius 2 is 1.72 bits per heavy atom. The number of anilines is 1. The van der Waals surface area contributed by atoms with Gasteiger partial charge in [-0.05, 0) is 57.0 Å². The lowest BCUT2D eigenvalue weighted by Gasteiger charge is -2.15. The van der Waals surface area contributed by atoms with Gasteiger partial charge < -0.3 is 15.4 Å². The highest BCUT2D eigenvalue weighted by molar-refractivity contribution is 6.04. The third-order valence-corrected chi connectivity index (χ3v) is 6.22. The Bertz CT molecular complexity index is 1270. The van der Waals surface area contributed by atoms with Gasteiger partial charge in [0.15, 0.2) is 6.61 Å². The molecule has 8 nitrogen and oxygen atoms in total. The van der Waals surface area contributed by atoms with Gasteiger partial charge in [-0.15, -0.1) is 0 Å². The third-order valence-electron chi connectivity index (χ3n) is 6.22. The Morgan fingerprint density at radius 3 is 2.47 bits per heavy atom. The van der Waals surface area contributed by atoms with Gasteiger partial charge in [-0.1, -0.05) is 43.2 Å². The van der Waals surface area contributed by atoms with E-state index in [1.807, 2.05) is 48.9 Å². The fraction of sp³-hybridized carbons (Fsp3) is 0.286. The summed E-state index contributed by atoms with van der Waals surface area (Å²) in [7, 11) is 0.